The summed E-state index contributed by atoms with van der Waals surface area (Å²) in [7, 11) is 0. The van der Waals surface area contributed by atoms with Crippen LogP contribution >= 0.6 is 0 Å². The van der Waals surface area contributed by atoms with E-state index in [1.54, 1.807) is 6.92 Å². The predicted molar refractivity (Wildman–Crippen MR) is 36.5 cm³/mol. The molecule has 1 aliphatic rings. The standard InChI is InChI=1S/C6H13NO4/c1-2-4(8)5(9)3(7)6(10)11-2/h2-6,8-10H,7H2,1H3/t2-,3-,4-,5-,6?/m1/s1. The van der Waals surface area contributed by atoms with Gasteiger partial charge in [-0.15, -0.1) is 0 Å². The van der Waals surface area contributed by atoms with Crippen molar-refractivity contribution in [1.82, 2.24) is 0 Å². The van der Waals surface area contributed by atoms with Crippen LogP contribution in [0.1, 0.15) is 6.92 Å². The van der Waals surface area contributed by atoms with Gasteiger partial charge in [0, 0.05) is 0 Å². The molecule has 66 valence electrons. The van der Waals surface area contributed by atoms with Crippen LogP contribution in [0.4, 0.5) is 0 Å². The summed E-state index contributed by atoms with van der Waals surface area (Å²) in [5, 5.41) is 27.4. The van der Waals surface area contributed by atoms with Crippen LogP contribution in [0, 0.1) is 0 Å². The Morgan fingerprint density at radius 3 is 2.27 bits per heavy atom. The Labute approximate surface area is 64.4 Å². The highest BCUT2D eigenvalue weighted by atomic mass is 16.6. The molecule has 5 nitrogen and oxygen atoms in total. The number of ether oxygens (including phenoxy) is 1. The van der Waals surface area contributed by atoms with Crippen molar-refractivity contribution in [3.05, 3.63) is 0 Å². The van der Waals surface area contributed by atoms with Gasteiger partial charge in [-0.2, -0.15) is 0 Å². The average molecular weight is 163 g/mol. The van der Waals surface area contributed by atoms with Gasteiger partial charge in [-0.3, -0.25) is 0 Å². The first-order valence-electron chi connectivity index (χ1n) is 3.49. The van der Waals surface area contributed by atoms with Crippen LogP contribution in [0.15, 0.2) is 0 Å². The van der Waals surface area contributed by atoms with E-state index in [2.05, 4.69) is 0 Å². The van der Waals surface area contributed by atoms with E-state index >= 15 is 0 Å². The van der Waals surface area contributed by atoms with Crippen molar-refractivity contribution in [3.8, 4) is 0 Å². The molecule has 1 fully saturated rings. The molecule has 0 aromatic heterocycles. The van der Waals surface area contributed by atoms with Gasteiger partial charge in [0.2, 0.25) is 0 Å². The van der Waals surface area contributed by atoms with Crippen LogP contribution in [-0.4, -0.2) is 46.0 Å². The Morgan fingerprint density at radius 1 is 1.18 bits per heavy atom. The molecule has 1 aliphatic heterocycles. The lowest BCUT2D eigenvalue weighted by atomic mass is 9.99. The van der Waals surface area contributed by atoms with Gasteiger partial charge in [0.1, 0.15) is 12.2 Å². The molecule has 1 heterocycles. The molecule has 5 heteroatoms. The molecular formula is C6H13NO4. The van der Waals surface area contributed by atoms with Crippen molar-refractivity contribution < 1.29 is 20.1 Å². The van der Waals surface area contributed by atoms with Crippen molar-refractivity contribution in [2.75, 3.05) is 0 Å². The summed E-state index contributed by atoms with van der Waals surface area (Å²) < 4.78 is 4.80. The molecule has 0 bridgehead atoms. The highest BCUT2D eigenvalue weighted by Gasteiger charge is 2.39. The maximum atomic E-state index is 9.17. The molecule has 0 amide bonds. The number of hydrogen-bond acceptors (Lipinski definition) is 5. The molecule has 0 spiro atoms. The highest BCUT2D eigenvalue weighted by molar-refractivity contribution is 4.88. The average Bonchev–Trinajstić information content (AvgIpc) is 1.97. The predicted octanol–water partition coefficient (Wildman–Crippen LogP) is -2.23. The summed E-state index contributed by atoms with van der Waals surface area (Å²) in [5.41, 5.74) is 5.29. The first-order valence-corrected chi connectivity index (χ1v) is 3.49. The quantitative estimate of drug-likeness (QED) is 0.324. The molecule has 0 aliphatic carbocycles. The van der Waals surface area contributed by atoms with Crippen LogP contribution in [-0.2, 0) is 4.74 Å². The molecule has 0 saturated carbocycles. The smallest absolute Gasteiger partial charge is 0.172 e. The summed E-state index contributed by atoms with van der Waals surface area (Å²) in [4.78, 5) is 0. The minimum atomic E-state index is -1.19. The third-order valence-corrected chi connectivity index (χ3v) is 1.91. The number of hydrogen-bond donors (Lipinski definition) is 4. The van der Waals surface area contributed by atoms with Crippen molar-refractivity contribution >= 4 is 0 Å². The number of rotatable bonds is 0. The Balaban J connectivity index is 2.63. The maximum absolute atomic E-state index is 9.17. The van der Waals surface area contributed by atoms with E-state index in [1.807, 2.05) is 0 Å². The summed E-state index contributed by atoms with van der Waals surface area (Å²) in [6, 6.07) is -0.929. The first kappa shape index (κ1) is 8.89. The maximum Gasteiger partial charge on any atom is 0.172 e. The molecule has 5 N–H and O–H groups in total. The Hall–Kier alpha value is -0.200. The van der Waals surface area contributed by atoms with Gasteiger partial charge in [0.25, 0.3) is 0 Å². The third kappa shape index (κ3) is 1.52. The van der Waals surface area contributed by atoms with Gasteiger partial charge < -0.3 is 25.8 Å². The summed E-state index contributed by atoms with van der Waals surface area (Å²) in [6.07, 6.45) is -3.91. The van der Waals surface area contributed by atoms with E-state index < -0.39 is 30.6 Å². The van der Waals surface area contributed by atoms with Gasteiger partial charge in [-0.1, -0.05) is 0 Å². The Kier molecular flexibility index (Phi) is 2.46. The molecular weight excluding hydrogens is 150 g/mol. The SMILES string of the molecule is C[C@H]1OC(O)[C@H](N)[C@@H](O)[C@@H]1O. The van der Waals surface area contributed by atoms with Gasteiger partial charge >= 0.3 is 0 Å². The van der Waals surface area contributed by atoms with Crippen molar-refractivity contribution in [2.45, 2.75) is 37.6 Å². The third-order valence-electron chi connectivity index (χ3n) is 1.91. The minimum absolute atomic E-state index is 0.584. The summed E-state index contributed by atoms with van der Waals surface area (Å²) >= 11 is 0. The molecule has 1 rings (SSSR count). The second kappa shape index (κ2) is 3.04. The van der Waals surface area contributed by atoms with Gasteiger partial charge in [-0.05, 0) is 6.92 Å². The van der Waals surface area contributed by atoms with Crippen LogP contribution < -0.4 is 5.73 Å². The molecule has 5 atom stereocenters. The molecule has 1 unspecified atom stereocenters. The zero-order valence-electron chi connectivity index (χ0n) is 6.21. The number of nitrogens with two attached hydrogens (primary N) is 1. The highest BCUT2D eigenvalue weighted by Crippen LogP contribution is 2.17. The molecule has 11 heavy (non-hydrogen) atoms. The van der Waals surface area contributed by atoms with Crippen molar-refractivity contribution in [2.24, 2.45) is 5.73 Å². The second-order valence-electron chi connectivity index (χ2n) is 2.79. The minimum Gasteiger partial charge on any atom is -0.388 e. The van der Waals surface area contributed by atoms with E-state index in [-0.39, 0.29) is 0 Å². The number of aliphatic hydroxyl groups excluding tert-OH is 3. The van der Waals surface area contributed by atoms with E-state index in [0.717, 1.165) is 0 Å². The van der Waals surface area contributed by atoms with Gasteiger partial charge in [0.05, 0.1) is 12.1 Å². The fourth-order valence-electron chi connectivity index (χ4n) is 1.07. The molecule has 1 saturated heterocycles. The fraction of sp³-hybridized carbons (Fsp3) is 1.00. The summed E-state index contributed by atoms with van der Waals surface area (Å²) in [6.45, 7) is 1.56. The summed E-state index contributed by atoms with van der Waals surface area (Å²) in [5.74, 6) is 0. The van der Waals surface area contributed by atoms with Crippen LogP contribution in [0.2, 0.25) is 0 Å². The van der Waals surface area contributed by atoms with E-state index in [1.165, 1.54) is 0 Å². The van der Waals surface area contributed by atoms with E-state index in [0.29, 0.717) is 0 Å². The normalized spacial score (nSPS) is 52.6. The van der Waals surface area contributed by atoms with Crippen LogP contribution in [0.5, 0.6) is 0 Å². The Morgan fingerprint density at radius 2 is 1.73 bits per heavy atom. The van der Waals surface area contributed by atoms with Gasteiger partial charge in [0.15, 0.2) is 6.29 Å². The lowest BCUT2D eigenvalue weighted by Crippen LogP contribution is -2.60. The first-order chi connectivity index (χ1) is 5.04. The molecule has 0 aromatic rings. The molecule has 0 aromatic carbocycles. The fourth-order valence-corrected chi connectivity index (χ4v) is 1.07. The van der Waals surface area contributed by atoms with E-state index in [4.69, 9.17) is 20.7 Å². The number of aliphatic hydroxyl groups is 3. The van der Waals surface area contributed by atoms with Crippen molar-refractivity contribution in [3.63, 3.8) is 0 Å². The monoisotopic (exact) mass is 163 g/mol. The van der Waals surface area contributed by atoms with Crippen LogP contribution in [0.25, 0.3) is 0 Å². The van der Waals surface area contributed by atoms with Crippen LogP contribution in [0.3, 0.4) is 0 Å². The van der Waals surface area contributed by atoms with Crippen molar-refractivity contribution in [1.29, 1.82) is 0 Å². The zero-order chi connectivity index (χ0) is 8.59. The second-order valence-corrected chi connectivity index (χ2v) is 2.79. The molecule has 0 radical (unpaired) electrons. The lowest BCUT2D eigenvalue weighted by Gasteiger charge is -2.37. The zero-order valence-corrected chi connectivity index (χ0v) is 6.21. The lowest BCUT2D eigenvalue weighted by molar-refractivity contribution is -0.236. The topological polar surface area (TPSA) is 95.9 Å². The van der Waals surface area contributed by atoms with Gasteiger partial charge in [-0.25, -0.2) is 0 Å². The Bertz CT molecular complexity index is 129. The largest absolute Gasteiger partial charge is 0.388 e. The van der Waals surface area contributed by atoms with E-state index in [9.17, 15) is 5.11 Å².